The molecule has 0 aliphatic rings. The maximum Gasteiger partial charge on any atom is 0.309 e. The molecule has 4 heteroatoms. The van der Waals surface area contributed by atoms with Crippen LogP contribution in [0.2, 0.25) is 0 Å². The van der Waals surface area contributed by atoms with Gasteiger partial charge in [0.1, 0.15) is 12.4 Å². The zero-order valence-electron chi connectivity index (χ0n) is 11.9. The van der Waals surface area contributed by atoms with Gasteiger partial charge in [-0.25, -0.2) is 0 Å². The van der Waals surface area contributed by atoms with E-state index in [2.05, 4.69) is 23.2 Å². The topological polar surface area (TPSA) is 59.4 Å². The molecule has 0 radical (unpaired) electrons. The van der Waals surface area contributed by atoms with Crippen LogP contribution in [0.15, 0.2) is 60.8 Å². The number of aliphatic carboxylic acids is 1. The van der Waals surface area contributed by atoms with Crippen LogP contribution in [0.4, 0.5) is 0 Å². The summed E-state index contributed by atoms with van der Waals surface area (Å²) < 4.78 is 5.75. The Balaban J connectivity index is 1.72. The number of rotatable bonds is 5. The van der Waals surface area contributed by atoms with Crippen LogP contribution in [-0.4, -0.2) is 16.1 Å². The molecule has 4 nitrogen and oxygen atoms in total. The number of carboxylic acid groups (broad SMARTS) is 1. The van der Waals surface area contributed by atoms with Gasteiger partial charge in [0.15, 0.2) is 0 Å². The lowest BCUT2D eigenvalue weighted by molar-refractivity contribution is -0.136. The highest BCUT2D eigenvalue weighted by Gasteiger charge is 2.04. The summed E-state index contributed by atoms with van der Waals surface area (Å²) in [5.41, 5.74) is 1.62. The summed E-state index contributed by atoms with van der Waals surface area (Å²) in [6.45, 7) is 0.446. The van der Waals surface area contributed by atoms with Crippen molar-refractivity contribution in [2.75, 3.05) is 0 Å². The van der Waals surface area contributed by atoms with Crippen LogP contribution < -0.4 is 4.74 Å². The minimum absolute atomic E-state index is 0.0798. The quantitative estimate of drug-likeness (QED) is 0.783. The molecular formula is C18H15NO3. The van der Waals surface area contributed by atoms with Gasteiger partial charge in [-0.15, -0.1) is 0 Å². The van der Waals surface area contributed by atoms with Crippen LogP contribution in [-0.2, 0) is 17.8 Å². The van der Waals surface area contributed by atoms with Gasteiger partial charge >= 0.3 is 5.97 Å². The number of ether oxygens (including phenoxy) is 1. The maximum atomic E-state index is 10.6. The smallest absolute Gasteiger partial charge is 0.309 e. The van der Waals surface area contributed by atoms with E-state index in [1.54, 1.807) is 18.3 Å². The molecule has 2 aromatic carbocycles. The van der Waals surface area contributed by atoms with Gasteiger partial charge in [0.05, 0.1) is 18.3 Å². The normalized spacial score (nSPS) is 10.5. The van der Waals surface area contributed by atoms with Crippen molar-refractivity contribution in [2.45, 2.75) is 13.0 Å². The molecule has 0 fully saturated rings. The molecule has 1 N–H and O–H groups in total. The largest absolute Gasteiger partial charge is 0.487 e. The molecule has 110 valence electrons. The van der Waals surface area contributed by atoms with E-state index in [0.29, 0.717) is 18.1 Å². The molecule has 0 aliphatic heterocycles. The van der Waals surface area contributed by atoms with E-state index < -0.39 is 5.97 Å². The summed E-state index contributed by atoms with van der Waals surface area (Å²) in [6, 6.07) is 17.7. The van der Waals surface area contributed by atoms with Crippen LogP contribution in [0.25, 0.3) is 10.8 Å². The number of hydrogen-bond acceptors (Lipinski definition) is 3. The first kappa shape index (κ1) is 14.1. The van der Waals surface area contributed by atoms with Gasteiger partial charge in [-0.2, -0.15) is 0 Å². The zero-order valence-corrected chi connectivity index (χ0v) is 11.9. The molecule has 0 spiro atoms. The fourth-order valence-electron chi connectivity index (χ4n) is 2.34. The molecule has 0 atom stereocenters. The molecule has 22 heavy (non-hydrogen) atoms. The van der Waals surface area contributed by atoms with E-state index in [4.69, 9.17) is 9.84 Å². The second-order valence-corrected chi connectivity index (χ2v) is 4.98. The second kappa shape index (κ2) is 6.26. The van der Waals surface area contributed by atoms with Gasteiger partial charge in [-0.05, 0) is 28.5 Å². The van der Waals surface area contributed by atoms with E-state index >= 15 is 0 Å². The Kier molecular flexibility index (Phi) is 4.01. The van der Waals surface area contributed by atoms with Crippen LogP contribution in [0, 0.1) is 0 Å². The number of carboxylic acids is 1. The van der Waals surface area contributed by atoms with Gasteiger partial charge in [0, 0.05) is 0 Å². The fourth-order valence-corrected chi connectivity index (χ4v) is 2.34. The molecular weight excluding hydrogens is 278 g/mol. The Labute approximate surface area is 128 Å². The lowest BCUT2D eigenvalue weighted by Crippen LogP contribution is -2.02. The number of pyridine rings is 1. The predicted molar refractivity (Wildman–Crippen MR) is 83.9 cm³/mol. The van der Waals surface area contributed by atoms with E-state index in [0.717, 1.165) is 5.56 Å². The molecule has 0 saturated heterocycles. The van der Waals surface area contributed by atoms with Gasteiger partial charge < -0.3 is 9.84 Å². The number of carbonyl (C=O) groups is 1. The van der Waals surface area contributed by atoms with Crippen molar-refractivity contribution in [3.63, 3.8) is 0 Å². The van der Waals surface area contributed by atoms with Gasteiger partial charge in [-0.3, -0.25) is 9.78 Å². The Morgan fingerprint density at radius 1 is 1.05 bits per heavy atom. The summed E-state index contributed by atoms with van der Waals surface area (Å²) in [5, 5.41) is 11.1. The van der Waals surface area contributed by atoms with Crippen molar-refractivity contribution in [3.8, 4) is 5.75 Å². The second-order valence-electron chi connectivity index (χ2n) is 4.98. The Morgan fingerprint density at radius 2 is 1.86 bits per heavy atom. The summed E-state index contributed by atoms with van der Waals surface area (Å²) in [6.07, 6.45) is 1.48. The molecule has 0 bridgehead atoms. The minimum Gasteiger partial charge on any atom is -0.487 e. The molecule has 0 unspecified atom stereocenters. The third kappa shape index (κ3) is 3.23. The summed E-state index contributed by atoms with van der Waals surface area (Å²) in [5.74, 6) is -0.265. The van der Waals surface area contributed by atoms with Crippen LogP contribution in [0.1, 0.15) is 11.3 Å². The molecule has 1 aromatic heterocycles. The first-order chi connectivity index (χ1) is 10.7. The Hall–Kier alpha value is -2.88. The van der Waals surface area contributed by atoms with Gasteiger partial charge in [0.25, 0.3) is 0 Å². The standard InChI is InChI=1S/C18H15NO3/c20-18(21)10-15-8-9-16(11-19-15)22-12-14-6-3-5-13-4-1-2-7-17(13)14/h1-9,11H,10,12H2,(H,20,21). The molecule has 1 heterocycles. The van der Waals surface area contributed by atoms with E-state index in [1.165, 1.54) is 10.8 Å². The van der Waals surface area contributed by atoms with Crippen molar-refractivity contribution >= 4 is 16.7 Å². The Bertz CT molecular complexity index is 792. The zero-order chi connectivity index (χ0) is 15.4. The monoisotopic (exact) mass is 293 g/mol. The van der Waals surface area contributed by atoms with Crippen LogP contribution >= 0.6 is 0 Å². The highest BCUT2D eigenvalue weighted by atomic mass is 16.5. The van der Waals surface area contributed by atoms with Crippen molar-refractivity contribution in [1.29, 1.82) is 0 Å². The van der Waals surface area contributed by atoms with E-state index in [-0.39, 0.29) is 6.42 Å². The van der Waals surface area contributed by atoms with Crippen molar-refractivity contribution in [3.05, 3.63) is 72.1 Å². The van der Waals surface area contributed by atoms with Crippen molar-refractivity contribution in [2.24, 2.45) is 0 Å². The van der Waals surface area contributed by atoms with Crippen molar-refractivity contribution < 1.29 is 14.6 Å². The van der Waals surface area contributed by atoms with Gasteiger partial charge in [0.2, 0.25) is 0 Å². The fraction of sp³-hybridized carbons (Fsp3) is 0.111. The number of nitrogens with zero attached hydrogens (tertiary/aromatic N) is 1. The SMILES string of the molecule is O=C(O)Cc1ccc(OCc2cccc3ccccc23)cn1. The molecule has 0 aliphatic carbocycles. The van der Waals surface area contributed by atoms with Crippen molar-refractivity contribution in [1.82, 2.24) is 4.98 Å². The lowest BCUT2D eigenvalue weighted by Gasteiger charge is -2.09. The van der Waals surface area contributed by atoms with E-state index in [1.807, 2.05) is 24.3 Å². The first-order valence-corrected chi connectivity index (χ1v) is 6.98. The highest BCUT2D eigenvalue weighted by Crippen LogP contribution is 2.20. The summed E-state index contributed by atoms with van der Waals surface area (Å²) in [4.78, 5) is 14.7. The number of benzene rings is 2. The predicted octanol–water partition coefficient (Wildman–Crippen LogP) is 3.44. The Morgan fingerprint density at radius 3 is 2.64 bits per heavy atom. The number of fused-ring (bicyclic) bond motifs is 1. The molecule has 0 saturated carbocycles. The summed E-state index contributed by atoms with van der Waals surface area (Å²) >= 11 is 0. The minimum atomic E-state index is -0.892. The number of aromatic nitrogens is 1. The van der Waals surface area contributed by atoms with Crippen LogP contribution in [0.3, 0.4) is 0 Å². The average molecular weight is 293 g/mol. The molecule has 0 amide bonds. The van der Waals surface area contributed by atoms with Crippen LogP contribution in [0.5, 0.6) is 5.75 Å². The highest BCUT2D eigenvalue weighted by molar-refractivity contribution is 5.85. The molecule has 3 rings (SSSR count). The lowest BCUT2D eigenvalue weighted by atomic mass is 10.1. The maximum absolute atomic E-state index is 10.6. The van der Waals surface area contributed by atoms with E-state index in [9.17, 15) is 4.79 Å². The number of hydrogen-bond donors (Lipinski definition) is 1. The average Bonchev–Trinajstić information content (AvgIpc) is 2.54. The first-order valence-electron chi connectivity index (χ1n) is 6.98. The molecule has 3 aromatic rings. The third-order valence-corrected chi connectivity index (χ3v) is 3.40. The summed E-state index contributed by atoms with van der Waals surface area (Å²) in [7, 11) is 0. The third-order valence-electron chi connectivity index (χ3n) is 3.40. The van der Waals surface area contributed by atoms with Gasteiger partial charge in [-0.1, -0.05) is 42.5 Å².